The van der Waals surface area contributed by atoms with E-state index in [-0.39, 0.29) is 25.7 Å². The van der Waals surface area contributed by atoms with Gasteiger partial charge in [0, 0.05) is 25.7 Å². The molecule has 0 aromatic rings. The number of hydrogen-bond acceptors (Lipinski definition) is 15. The first-order valence-corrected chi connectivity index (χ1v) is 46.0. The Balaban J connectivity index is 5.49. The highest BCUT2D eigenvalue weighted by Crippen LogP contribution is 2.45. The van der Waals surface area contributed by atoms with Crippen LogP contribution in [0.2, 0.25) is 0 Å². The molecule has 636 valence electrons. The quantitative estimate of drug-likeness (QED) is 0.0169. The number of aliphatic hydroxyl groups excluding tert-OH is 1. The molecule has 0 aromatic carbocycles. The number of allylic oxidation sites excluding steroid dienone is 30. The van der Waals surface area contributed by atoms with Crippen molar-refractivity contribution in [2.75, 3.05) is 39.6 Å². The van der Waals surface area contributed by atoms with E-state index in [1.165, 1.54) is 38.5 Å². The fourth-order valence-electron chi connectivity index (χ4n) is 10.8. The van der Waals surface area contributed by atoms with Gasteiger partial charge in [-0.25, -0.2) is 9.13 Å². The smallest absolute Gasteiger partial charge is 0.462 e. The molecule has 0 radical (unpaired) electrons. The van der Waals surface area contributed by atoms with Gasteiger partial charge < -0.3 is 33.8 Å². The molecular weight excluding hydrogens is 1450 g/mol. The molecule has 5 atom stereocenters. The summed E-state index contributed by atoms with van der Waals surface area (Å²) in [5.41, 5.74) is 0. The highest BCUT2D eigenvalue weighted by molar-refractivity contribution is 7.47. The van der Waals surface area contributed by atoms with Crippen LogP contribution in [0.15, 0.2) is 182 Å². The Labute approximate surface area is 679 Å². The first-order chi connectivity index (χ1) is 54.7. The lowest BCUT2D eigenvalue weighted by Gasteiger charge is -2.21. The second-order valence-electron chi connectivity index (χ2n) is 28.0. The third kappa shape index (κ3) is 82.2. The molecule has 0 aliphatic rings. The van der Waals surface area contributed by atoms with Crippen molar-refractivity contribution in [1.82, 2.24) is 0 Å². The summed E-state index contributed by atoms with van der Waals surface area (Å²) in [4.78, 5) is 73.3. The molecule has 112 heavy (non-hydrogen) atoms. The first-order valence-electron chi connectivity index (χ1n) is 43.0. The van der Waals surface area contributed by atoms with Crippen molar-refractivity contribution < 1.29 is 80.2 Å². The molecule has 17 nitrogen and oxygen atoms in total. The van der Waals surface area contributed by atoms with Crippen LogP contribution in [0.5, 0.6) is 0 Å². The zero-order chi connectivity index (χ0) is 81.7. The molecule has 0 saturated carbocycles. The van der Waals surface area contributed by atoms with Crippen molar-refractivity contribution in [2.45, 2.75) is 341 Å². The minimum absolute atomic E-state index is 0.0404. The number of phosphoric acid groups is 2. The number of carbonyl (C=O) groups is 4. The van der Waals surface area contributed by atoms with Gasteiger partial charge >= 0.3 is 39.5 Å². The number of unbranched alkanes of at least 4 members (excludes halogenated alkanes) is 23. The van der Waals surface area contributed by atoms with E-state index in [1.54, 1.807) is 0 Å². The molecule has 0 fully saturated rings. The second-order valence-corrected chi connectivity index (χ2v) is 30.9. The van der Waals surface area contributed by atoms with Crippen molar-refractivity contribution in [2.24, 2.45) is 0 Å². The topological polar surface area (TPSA) is 237 Å². The predicted molar refractivity (Wildman–Crippen MR) is 463 cm³/mol. The summed E-state index contributed by atoms with van der Waals surface area (Å²) in [6, 6.07) is 0. The van der Waals surface area contributed by atoms with Crippen LogP contribution in [0, 0.1) is 0 Å². The maximum absolute atomic E-state index is 13.2. The van der Waals surface area contributed by atoms with Crippen LogP contribution in [-0.4, -0.2) is 96.7 Å². The van der Waals surface area contributed by atoms with E-state index in [9.17, 15) is 43.2 Å². The van der Waals surface area contributed by atoms with Crippen molar-refractivity contribution in [3.63, 3.8) is 0 Å². The normalized spacial score (nSPS) is 14.7. The van der Waals surface area contributed by atoms with Gasteiger partial charge in [-0.2, -0.15) is 0 Å². The van der Waals surface area contributed by atoms with Gasteiger partial charge in [-0.1, -0.05) is 293 Å². The lowest BCUT2D eigenvalue weighted by Crippen LogP contribution is -2.30. The van der Waals surface area contributed by atoms with Gasteiger partial charge in [-0.3, -0.25) is 37.3 Å². The van der Waals surface area contributed by atoms with Crippen molar-refractivity contribution in [3.05, 3.63) is 182 Å². The highest BCUT2D eigenvalue weighted by Gasteiger charge is 2.30. The van der Waals surface area contributed by atoms with Crippen molar-refractivity contribution in [1.29, 1.82) is 0 Å². The average molecular weight is 1600 g/mol. The average Bonchev–Trinajstić information content (AvgIpc) is 0.898. The molecule has 0 bridgehead atoms. The van der Waals surface area contributed by atoms with Crippen LogP contribution in [-0.2, 0) is 65.4 Å². The summed E-state index contributed by atoms with van der Waals surface area (Å²) in [6.45, 7) is 4.50. The number of rotatable bonds is 79. The van der Waals surface area contributed by atoms with Gasteiger partial charge in [0.1, 0.15) is 19.3 Å². The van der Waals surface area contributed by atoms with Crippen LogP contribution >= 0.6 is 15.6 Å². The summed E-state index contributed by atoms with van der Waals surface area (Å²) < 4.78 is 68.8. The molecule has 0 heterocycles. The Morgan fingerprint density at radius 1 is 0.259 bits per heavy atom. The van der Waals surface area contributed by atoms with Crippen LogP contribution < -0.4 is 0 Å². The fourth-order valence-corrected chi connectivity index (χ4v) is 12.4. The number of hydrogen-bond donors (Lipinski definition) is 3. The van der Waals surface area contributed by atoms with E-state index < -0.39 is 97.5 Å². The summed E-state index contributed by atoms with van der Waals surface area (Å²) in [5, 5.41) is 10.7. The molecular formula is C93H152O17P2. The maximum atomic E-state index is 13.2. The monoisotopic (exact) mass is 1600 g/mol. The van der Waals surface area contributed by atoms with E-state index in [2.05, 4.69) is 210 Å². The van der Waals surface area contributed by atoms with Gasteiger partial charge in [0.25, 0.3) is 0 Å². The lowest BCUT2D eigenvalue weighted by atomic mass is 10.1. The molecule has 0 rings (SSSR count). The van der Waals surface area contributed by atoms with E-state index in [0.717, 1.165) is 205 Å². The number of esters is 4. The standard InChI is InChI=1S/C93H152O17P2/c1-5-9-13-17-21-25-29-33-37-40-43-46-50-53-57-61-65-69-73-77-90(95)103-83-88(109-92(97)79-75-71-67-63-59-55-49-36-32-28-24-20-16-12-8-4)85-107-111(99,100)105-81-87(94)82-106-112(101,102)108-86-89(110-93(98)80-76-72-68-64-60-56-52-48-45-42-39-35-31-27-23-19-15-11-7-3)84-104-91(96)78-74-70-66-62-58-54-51-47-44-41-38-34-30-26-22-18-14-10-6-2/h10-11,14-15,21-28,33-39,43-49,54,56,58,60,87-89,94H,5-9,12-13,16-20,29-32,40-42,50-53,55,57,59,61-86H2,1-4H3,(H,99,100)(H,101,102)/b14-10-,15-11-,25-21-,26-22-,27-23-,28-24-,37-33-,38-34-,39-35-,46-43-,47-44-,48-45-,49-36-,58-54-,60-56-. The van der Waals surface area contributed by atoms with Gasteiger partial charge in [-0.15, -0.1) is 0 Å². The Kier molecular flexibility index (Phi) is 78.8. The molecule has 5 unspecified atom stereocenters. The lowest BCUT2D eigenvalue weighted by molar-refractivity contribution is -0.161. The zero-order valence-electron chi connectivity index (χ0n) is 69.8. The SMILES string of the molecule is CC/C=C\C/C=C\C/C=C\C/C=C\C/C=C\CCCCCC(=O)OCC(COP(=O)(O)OCC(O)COP(=O)(O)OCC(COC(=O)CCCCCCCC/C=C\C/C=C\C/C=C\CCCCC)OC(=O)CCCCCCC/C=C\C/C=C\CCCCC)OC(=O)CCCCC/C=C\C/C=C\C/C=C\C/C=C\C/C=C\CC. The number of aliphatic hydroxyl groups is 1. The summed E-state index contributed by atoms with van der Waals surface area (Å²) >= 11 is 0. The maximum Gasteiger partial charge on any atom is 0.472 e. The zero-order valence-corrected chi connectivity index (χ0v) is 71.6. The Morgan fingerprint density at radius 3 is 0.723 bits per heavy atom. The van der Waals surface area contributed by atoms with E-state index >= 15 is 0 Å². The third-order valence-electron chi connectivity index (χ3n) is 17.3. The van der Waals surface area contributed by atoms with E-state index in [0.29, 0.717) is 25.7 Å². The van der Waals surface area contributed by atoms with Gasteiger partial charge in [0.15, 0.2) is 12.2 Å². The van der Waals surface area contributed by atoms with Crippen LogP contribution in [0.4, 0.5) is 0 Å². The Bertz CT molecular complexity index is 2840. The minimum Gasteiger partial charge on any atom is -0.462 e. The van der Waals surface area contributed by atoms with E-state index in [1.807, 2.05) is 0 Å². The first kappa shape index (κ1) is 106. The third-order valence-corrected chi connectivity index (χ3v) is 19.2. The molecule has 0 aliphatic carbocycles. The van der Waals surface area contributed by atoms with Gasteiger partial charge in [0.2, 0.25) is 0 Å². The van der Waals surface area contributed by atoms with Crippen LogP contribution in [0.1, 0.15) is 323 Å². The largest absolute Gasteiger partial charge is 0.472 e. The number of carbonyl (C=O) groups excluding carboxylic acids is 4. The molecule has 0 aliphatic heterocycles. The molecule has 0 amide bonds. The van der Waals surface area contributed by atoms with Crippen molar-refractivity contribution >= 4 is 39.5 Å². The molecule has 19 heteroatoms. The summed E-state index contributed by atoms with van der Waals surface area (Å²) in [5.74, 6) is -2.29. The summed E-state index contributed by atoms with van der Waals surface area (Å²) in [6.07, 6.45) is 101. The second kappa shape index (κ2) is 83.1. The number of ether oxygens (including phenoxy) is 4. The highest BCUT2D eigenvalue weighted by atomic mass is 31.2. The summed E-state index contributed by atoms with van der Waals surface area (Å²) in [7, 11) is -10.0. The van der Waals surface area contributed by atoms with Crippen LogP contribution in [0.25, 0.3) is 0 Å². The molecule has 3 N–H and O–H groups in total. The molecule has 0 spiro atoms. The Hall–Kier alpha value is -5.84. The van der Waals surface area contributed by atoms with Crippen molar-refractivity contribution in [3.8, 4) is 0 Å². The van der Waals surface area contributed by atoms with Gasteiger partial charge in [0.05, 0.1) is 26.4 Å². The van der Waals surface area contributed by atoms with E-state index in [4.69, 9.17) is 37.0 Å². The predicted octanol–water partition coefficient (Wildman–Crippen LogP) is 25.9. The number of phosphoric ester groups is 2. The Morgan fingerprint density at radius 2 is 0.464 bits per heavy atom. The van der Waals surface area contributed by atoms with Crippen LogP contribution in [0.3, 0.4) is 0 Å². The molecule has 0 aromatic heterocycles. The van der Waals surface area contributed by atoms with Gasteiger partial charge in [-0.05, 0) is 186 Å². The fraction of sp³-hybridized carbons (Fsp3) is 0.634. The minimum atomic E-state index is -5.01. The molecule has 0 saturated heterocycles.